The van der Waals surface area contributed by atoms with E-state index >= 15 is 0 Å². The molecule has 188 valence electrons. The molecule has 0 aliphatic carbocycles. The Bertz CT molecular complexity index is 1420. The Labute approximate surface area is 210 Å². The minimum Gasteiger partial charge on any atom is -0.389 e. The van der Waals surface area contributed by atoms with E-state index in [4.69, 9.17) is 0 Å². The maximum absolute atomic E-state index is 13.8. The second kappa shape index (κ2) is 11.2. The zero-order valence-corrected chi connectivity index (χ0v) is 20.4. The third-order valence-electron chi connectivity index (χ3n) is 4.76. The van der Waals surface area contributed by atoms with Gasteiger partial charge in [0.1, 0.15) is 11.5 Å². The second-order valence-electron chi connectivity index (χ2n) is 7.27. The average Bonchev–Trinajstić information content (AvgIpc) is 3.45. The number of aryl methyl sites for hydroxylation is 1. The van der Waals surface area contributed by atoms with Gasteiger partial charge in [0.25, 0.3) is 0 Å². The van der Waals surface area contributed by atoms with Crippen LogP contribution in [0.25, 0.3) is 5.69 Å². The van der Waals surface area contributed by atoms with Gasteiger partial charge in [0.15, 0.2) is 6.20 Å². The summed E-state index contributed by atoms with van der Waals surface area (Å²) in [6, 6.07) is 5.62. The first kappa shape index (κ1) is 26.7. The van der Waals surface area contributed by atoms with Crippen molar-refractivity contribution in [2.75, 3.05) is 0 Å². The van der Waals surface area contributed by atoms with E-state index in [1.807, 2.05) is 6.92 Å². The number of carbonyl (C=O) groups excluding carboxylic acids is 1. The maximum atomic E-state index is 13.8. The van der Waals surface area contributed by atoms with Crippen LogP contribution in [-0.4, -0.2) is 40.4 Å². The summed E-state index contributed by atoms with van der Waals surface area (Å²) in [7, 11) is 0. The van der Waals surface area contributed by atoms with E-state index in [2.05, 4.69) is 31.1 Å². The highest BCUT2D eigenvalue weighted by molar-refractivity contribution is 9.10. The monoisotopic (exact) mass is 566 g/mol. The first-order chi connectivity index (χ1) is 17.0. The highest BCUT2D eigenvalue weighted by Gasteiger charge is 2.22. The Kier molecular flexibility index (Phi) is 8.32. The molecule has 0 aliphatic heterocycles. The SMILES string of the molecule is CCn1cc(C(=O)c2cc(F)nn2-c2ccc(F)cc2C(C)O)cn1.O=[N+]([O-])c1ncc(Br)cc1F. The maximum Gasteiger partial charge on any atom is 0.399 e. The number of carbonyl (C=O) groups is 1. The number of hydrogen-bond donors (Lipinski definition) is 1. The minimum atomic E-state index is -1.02. The standard InChI is InChI=1S/C17H16F2N4O2.C5H2BrFN2O2/c1-3-22-9-11(8-20-22)17(25)15-7-16(19)21-23(15)14-5-4-12(18)6-13(14)10(2)24;6-3-1-4(7)5(8-2-3)9(10)11/h4-10,24H,3H2,1-2H3;1-2H. The Morgan fingerprint density at radius 2 is 1.94 bits per heavy atom. The molecular weight excluding hydrogens is 549 g/mol. The van der Waals surface area contributed by atoms with E-state index in [1.165, 1.54) is 25.4 Å². The zero-order valence-electron chi connectivity index (χ0n) is 18.8. The van der Waals surface area contributed by atoms with E-state index in [9.17, 15) is 33.2 Å². The van der Waals surface area contributed by atoms with Crippen LogP contribution in [0.2, 0.25) is 0 Å². The van der Waals surface area contributed by atoms with Crippen molar-refractivity contribution in [3.63, 3.8) is 0 Å². The van der Waals surface area contributed by atoms with Crippen molar-refractivity contribution in [1.82, 2.24) is 24.5 Å². The molecule has 14 heteroatoms. The molecule has 4 aromatic rings. The number of halogens is 4. The Balaban J connectivity index is 0.000000275. The van der Waals surface area contributed by atoms with Gasteiger partial charge in [-0.15, -0.1) is 5.10 Å². The minimum absolute atomic E-state index is 0.0401. The average molecular weight is 567 g/mol. The van der Waals surface area contributed by atoms with Crippen molar-refractivity contribution in [2.24, 2.45) is 0 Å². The van der Waals surface area contributed by atoms with E-state index in [0.29, 0.717) is 11.0 Å². The first-order valence-corrected chi connectivity index (χ1v) is 11.1. The number of aromatic nitrogens is 5. The van der Waals surface area contributed by atoms with Crippen LogP contribution < -0.4 is 0 Å². The number of ketones is 1. The van der Waals surface area contributed by atoms with Crippen molar-refractivity contribution in [2.45, 2.75) is 26.5 Å². The molecule has 0 aliphatic rings. The molecule has 4 rings (SSSR count). The van der Waals surface area contributed by atoms with Gasteiger partial charge in [0.2, 0.25) is 17.5 Å². The van der Waals surface area contributed by atoms with Gasteiger partial charge in [-0.3, -0.25) is 9.48 Å². The van der Waals surface area contributed by atoms with Gasteiger partial charge in [0, 0.05) is 30.4 Å². The number of pyridine rings is 1. The van der Waals surface area contributed by atoms with Gasteiger partial charge >= 0.3 is 5.82 Å². The molecule has 1 atom stereocenters. The fourth-order valence-corrected chi connectivity index (χ4v) is 3.40. The molecule has 0 radical (unpaired) electrons. The van der Waals surface area contributed by atoms with Gasteiger partial charge in [-0.25, -0.2) is 9.07 Å². The summed E-state index contributed by atoms with van der Waals surface area (Å²) >= 11 is 2.92. The predicted molar refractivity (Wildman–Crippen MR) is 124 cm³/mol. The van der Waals surface area contributed by atoms with E-state index in [1.54, 1.807) is 10.9 Å². The van der Waals surface area contributed by atoms with Gasteiger partial charge in [-0.1, -0.05) is 0 Å². The van der Waals surface area contributed by atoms with Crippen LogP contribution in [0.1, 0.15) is 41.6 Å². The molecule has 0 saturated heterocycles. The molecule has 0 bridgehead atoms. The van der Waals surface area contributed by atoms with Crippen LogP contribution in [0.5, 0.6) is 0 Å². The number of rotatable bonds is 6. The third-order valence-corrected chi connectivity index (χ3v) is 5.19. The molecule has 10 nitrogen and oxygen atoms in total. The summed E-state index contributed by atoms with van der Waals surface area (Å²) in [4.78, 5) is 25.1. The predicted octanol–water partition coefficient (Wildman–Crippen LogP) is 4.54. The first-order valence-electron chi connectivity index (χ1n) is 10.3. The number of benzene rings is 1. The lowest BCUT2D eigenvalue weighted by molar-refractivity contribution is -0.392. The molecule has 0 amide bonds. The lowest BCUT2D eigenvalue weighted by Gasteiger charge is -2.14. The fourth-order valence-electron chi connectivity index (χ4n) is 3.09. The van der Waals surface area contributed by atoms with Gasteiger partial charge in [0.05, 0.1) is 28.0 Å². The van der Waals surface area contributed by atoms with Gasteiger partial charge in [-0.05, 0) is 57.9 Å². The van der Waals surface area contributed by atoms with E-state index in [-0.39, 0.29) is 22.5 Å². The van der Waals surface area contributed by atoms with Crippen molar-refractivity contribution in [1.29, 1.82) is 0 Å². The largest absolute Gasteiger partial charge is 0.399 e. The molecular formula is C22H18BrF3N6O4. The highest BCUT2D eigenvalue weighted by atomic mass is 79.9. The van der Waals surface area contributed by atoms with Gasteiger partial charge in [-0.2, -0.15) is 13.9 Å². The summed E-state index contributed by atoms with van der Waals surface area (Å²) in [5.41, 5.74) is 0.665. The quantitative estimate of drug-likeness (QED) is 0.206. The Morgan fingerprint density at radius 3 is 2.53 bits per heavy atom. The lowest BCUT2D eigenvalue weighted by Crippen LogP contribution is -2.12. The molecule has 0 saturated carbocycles. The number of hydrogen-bond acceptors (Lipinski definition) is 7. The van der Waals surface area contributed by atoms with Crippen LogP contribution in [0, 0.1) is 27.7 Å². The number of nitro groups is 1. The van der Waals surface area contributed by atoms with Crippen LogP contribution in [-0.2, 0) is 6.54 Å². The van der Waals surface area contributed by atoms with Gasteiger partial charge < -0.3 is 15.2 Å². The molecule has 3 aromatic heterocycles. The number of nitrogens with zero attached hydrogens (tertiary/aromatic N) is 6. The molecule has 1 aromatic carbocycles. The Hall–Kier alpha value is -3.91. The van der Waals surface area contributed by atoms with Crippen LogP contribution in [0.15, 0.2) is 53.4 Å². The fraction of sp³-hybridized carbons (Fsp3) is 0.182. The summed E-state index contributed by atoms with van der Waals surface area (Å²) in [5.74, 6) is -3.58. The van der Waals surface area contributed by atoms with E-state index in [0.717, 1.165) is 28.9 Å². The number of aliphatic hydroxyl groups is 1. The van der Waals surface area contributed by atoms with E-state index < -0.39 is 40.2 Å². The molecule has 1 unspecified atom stereocenters. The topological polar surface area (TPSA) is 129 Å². The summed E-state index contributed by atoms with van der Waals surface area (Å²) in [6.07, 6.45) is 3.09. The van der Waals surface area contributed by atoms with Crippen molar-refractivity contribution in [3.05, 3.63) is 97.9 Å². The lowest BCUT2D eigenvalue weighted by atomic mass is 10.1. The van der Waals surface area contributed by atoms with Crippen molar-refractivity contribution < 1.29 is 28.0 Å². The van der Waals surface area contributed by atoms with Crippen molar-refractivity contribution in [3.8, 4) is 5.69 Å². The molecule has 36 heavy (non-hydrogen) atoms. The highest BCUT2D eigenvalue weighted by Crippen LogP contribution is 2.25. The number of aliphatic hydroxyl groups excluding tert-OH is 1. The molecule has 0 spiro atoms. The second-order valence-corrected chi connectivity index (χ2v) is 8.19. The summed E-state index contributed by atoms with van der Waals surface area (Å²) in [6.45, 7) is 3.91. The van der Waals surface area contributed by atoms with Crippen LogP contribution >= 0.6 is 15.9 Å². The molecule has 1 N–H and O–H groups in total. The molecule has 0 fully saturated rings. The normalized spacial score (nSPS) is 11.5. The van der Waals surface area contributed by atoms with Crippen LogP contribution in [0.3, 0.4) is 0 Å². The third kappa shape index (κ3) is 6.01. The van der Waals surface area contributed by atoms with Crippen LogP contribution in [0.4, 0.5) is 19.0 Å². The summed E-state index contributed by atoms with van der Waals surface area (Å²) in [5, 5.41) is 27.6. The summed E-state index contributed by atoms with van der Waals surface area (Å²) < 4.78 is 42.9. The molecule has 3 heterocycles. The smallest absolute Gasteiger partial charge is 0.389 e. The van der Waals surface area contributed by atoms with Crippen molar-refractivity contribution >= 4 is 27.5 Å². The Morgan fingerprint density at radius 1 is 1.22 bits per heavy atom. The zero-order chi connectivity index (χ0) is 26.6.